The molecule has 0 aromatic heterocycles. The van der Waals surface area contributed by atoms with Crippen LogP contribution in [0.2, 0.25) is 0 Å². The van der Waals surface area contributed by atoms with Gasteiger partial charge in [-0.2, -0.15) is 0 Å². The number of amides is 1. The van der Waals surface area contributed by atoms with E-state index in [1.165, 1.54) is 0 Å². The average molecular weight is 566 g/mol. The first-order chi connectivity index (χ1) is 20.8. The Labute approximate surface area is 248 Å². The molecule has 1 aliphatic heterocycles. The van der Waals surface area contributed by atoms with Crippen LogP contribution in [0, 0.1) is 0 Å². The van der Waals surface area contributed by atoms with E-state index in [0.717, 1.165) is 22.3 Å². The Morgan fingerprint density at radius 1 is 0.571 bits per heavy atom. The SMILES string of the molecule is O=C1CC(OCc2ccccc2)C(OCc2ccccc2)C(COCc2ccccc2)N1CCOCc1ccccc1. The van der Waals surface area contributed by atoms with Crippen molar-refractivity contribution in [2.24, 2.45) is 0 Å². The van der Waals surface area contributed by atoms with Crippen molar-refractivity contribution in [1.29, 1.82) is 0 Å². The first kappa shape index (κ1) is 29.7. The van der Waals surface area contributed by atoms with Gasteiger partial charge in [-0.3, -0.25) is 4.79 Å². The minimum absolute atomic E-state index is 0.0178. The minimum Gasteiger partial charge on any atom is -0.375 e. The first-order valence-corrected chi connectivity index (χ1v) is 14.6. The van der Waals surface area contributed by atoms with Gasteiger partial charge in [0.25, 0.3) is 0 Å². The van der Waals surface area contributed by atoms with Crippen molar-refractivity contribution in [2.45, 2.75) is 51.1 Å². The van der Waals surface area contributed by atoms with Crippen LogP contribution in [0.25, 0.3) is 0 Å². The van der Waals surface area contributed by atoms with Crippen LogP contribution in [0.4, 0.5) is 0 Å². The zero-order chi connectivity index (χ0) is 28.8. The molecule has 1 fully saturated rings. The van der Waals surface area contributed by atoms with Gasteiger partial charge in [-0.25, -0.2) is 0 Å². The second-order valence-electron chi connectivity index (χ2n) is 10.5. The highest BCUT2D eigenvalue weighted by Crippen LogP contribution is 2.27. The molecule has 4 aromatic rings. The third kappa shape index (κ3) is 8.84. The van der Waals surface area contributed by atoms with Crippen LogP contribution in [0.5, 0.6) is 0 Å². The number of benzene rings is 4. The van der Waals surface area contributed by atoms with Crippen molar-refractivity contribution < 1.29 is 23.7 Å². The van der Waals surface area contributed by atoms with Gasteiger partial charge >= 0.3 is 0 Å². The van der Waals surface area contributed by atoms with Crippen LogP contribution in [0.3, 0.4) is 0 Å². The zero-order valence-corrected chi connectivity index (χ0v) is 23.9. The maximum absolute atomic E-state index is 13.6. The molecule has 0 saturated carbocycles. The quantitative estimate of drug-likeness (QED) is 0.161. The van der Waals surface area contributed by atoms with Gasteiger partial charge in [0.2, 0.25) is 5.91 Å². The predicted molar refractivity (Wildman–Crippen MR) is 162 cm³/mol. The van der Waals surface area contributed by atoms with Gasteiger partial charge in [-0.15, -0.1) is 0 Å². The van der Waals surface area contributed by atoms with Crippen LogP contribution in [-0.4, -0.2) is 48.8 Å². The molecule has 4 aromatic carbocycles. The summed E-state index contributed by atoms with van der Waals surface area (Å²) in [4.78, 5) is 15.5. The maximum atomic E-state index is 13.6. The summed E-state index contributed by atoms with van der Waals surface area (Å²) in [7, 11) is 0. The summed E-state index contributed by atoms with van der Waals surface area (Å²) in [6.45, 7) is 2.95. The number of piperidine rings is 1. The largest absolute Gasteiger partial charge is 0.375 e. The number of carbonyl (C=O) groups is 1. The lowest BCUT2D eigenvalue weighted by atomic mass is 9.95. The summed E-state index contributed by atoms with van der Waals surface area (Å²) in [6, 6.07) is 39.9. The summed E-state index contributed by atoms with van der Waals surface area (Å²) < 4.78 is 25.2. The number of rotatable bonds is 15. The molecule has 5 rings (SSSR count). The second kappa shape index (κ2) is 16.0. The van der Waals surface area contributed by atoms with Crippen LogP contribution in [0.1, 0.15) is 28.7 Å². The van der Waals surface area contributed by atoms with E-state index >= 15 is 0 Å². The topological polar surface area (TPSA) is 57.2 Å². The lowest BCUT2D eigenvalue weighted by molar-refractivity contribution is -0.178. The first-order valence-electron chi connectivity index (χ1n) is 14.6. The van der Waals surface area contributed by atoms with Crippen molar-refractivity contribution >= 4 is 5.91 Å². The van der Waals surface area contributed by atoms with E-state index in [-0.39, 0.29) is 24.5 Å². The molecule has 6 heteroatoms. The molecule has 218 valence electrons. The van der Waals surface area contributed by atoms with Crippen molar-refractivity contribution in [3.63, 3.8) is 0 Å². The fourth-order valence-electron chi connectivity index (χ4n) is 5.21. The van der Waals surface area contributed by atoms with Gasteiger partial charge < -0.3 is 23.8 Å². The highest BCUT2D eigenvalue weighted by molar-refractivity contribution is 5.78. The fourth-order valence-corrected chi connectivity index (χ4v) is 5.21. The van der Waals surface area contributed by atoms with E-state index in [9.17, 15) is 4.79 Å². The molecule has 1 amide bonds. The van der Waals surface area contributed by atoms with Gasteiger partial charge in [0.15, 0.2) is 0 Å². The van der Waals surface area contributed by atoms with Crippen molar-refractivity contribution in [1.82, 2.24) is 4.90 Å². The van der Waals surface area contributed by atoms with E-state index in [0.29, 0.717) is 46.2 Å². The Kier molecular flexibility index (Phi) is 11.3. The lowest BCUT2D eigenvalue weighted by Gasteiger charge is -2.44. The standard InChI is InChI=1S/C36H39NO5/c38-35-23-34(41-26-31-17-9-3-10-18-31)36(42-27-32-19-11-4-12-20-32)33(28-40-25-30-15-7-2-8-16-30)37(35)21-22-39-24-29-13-5-1-6-14-29/h1-20,33-34,36H,21-28H2. The van der Waals surface area contributed by atoms with Crippen LogP contribution in [0.15, 0.2) is 121 Å². The monoisotopic (exact) mass is 565 g/mol. The van der Waals surface area contributed by atoms with E-state index < -0.39 is 6.10 Å². The molecule has 0 N–H and O–H groups in total. The summed E-state index contributed by atoms with van der Waals surface area (Å²) in [5.74, 6) is 0.0178. The highest BCUT2D eigenvalue weighted by atomic mass is 16.5. The Bertz CT molecular complexity index is 1320. The van der Waals surface area contributed by atoms with Crippen molar-refractivity contribution in [3.05, 3.63) is 144 Å². The average Bonchev–Trinajstić information content (AvgIpc) is 3.04. The molecule has 0 spiro atoms. The maximum Gasteiger partial charge on any atom is 0.225 e. The lowest BCUT2D eigenvalue weighted by Crippen LogP contribution is -2.61. The van der Waals surface area contributed by atoms with E-state index in [1.54, 1.807) is 0 Å². The third-order valence-corrected chi connectivity index (χ3v) is 7.42. The number of hydrogen-bond acceptors (Lipinski definition) is 5. The van der Waals surface area contributed by atoms with Crippen molar-refractivity contribution in [3.8, 4) is 0 Å². The summed E-state index contributed by atoms with van der Waals surface area (Å²) in [5, 5.41) is 0. The second-order valence-corrected chi connectivity index (χ2v) is 10.5. The number of carbonyl (C=O) groups excluding carboxylic acids is 1. The van der Waals surface area contributed by atoms with Crippen LogP contribution >= 0.6 is 0 Å². The molecule has 6 nitrogen and oxygen atoms in total. The smallest absolute Gasteiger partial charge is 0.225 e. The normalized spacial score (nSPS) is 18.7. The molecule has 42 heavy (non-hydrogen) atoms. The molecule has 1 heterocycles. The molecule has 1 aliphatic rings. The molecule has 0 radical (unpaired) electrons. The number of hydrogen-bond donors (Lipinski definition) is 0. The predicted octanol–water partition coefficient (Wildman–Crippen LogP) is 6.19. The van der Waals surface area contributed by atoms with Crippen molar-refractivity contribution in [2.75, 3.05) is 19.8 Å². The number of nitrogens with zero attached hydrogens (tertiary/aromatic N) is 1. The molecular weight excluding hydrogens is 526 g/mol. The highest BCUT2D eigenvalue weighted by Gasteiger charge is 2.43. The molecular formula is C36H39NO5. The summed E-state index contributed by atoms with van der Waals surface area (Å²) in [5.41, 5.74) is 4.30. The Morgan fingerprint density at radius 3 is 1.55 bits per heavy atom. The van der Waals surface area contributed by atoms with E-state index in [4.69, 9.17) is 18.9 Å². The summed E-state index contributed by atoms with van der Waals surface area (Å²) in [6.07, 6.45) is -0.551. The Hall–Kier alpha value is -3.81. The zero-order valence-electron chi connectivity index (χ0n) is 23.9. The van der Waals surface area contributed by atoms with Crippen LogP contribution in [-0.2, 0) is 50.2 Å². The summed E-state index contributed by atoms with van der Waals surface area (Å²) >= 11 is 0. The number of ether oxygens (including phenoxy) is 4. The molecule has 1 saturated heterocycles. The fraction of sp³-hybridized carbons (Fsp3) is 0.306. The Morgan fingerprint density at radius 2 is 1.02 bits per heavy atom. The van der Waals surface area contributed by atoms with E-state index in [2.05, 4.69) is 0 Å². The minimum atomic E-state index is -0.409. The van der Waals surface area contributed by atoms with E-state index in [1.807, 2.05) is 126 Å². The molecule has 3 unspecified atom stereocenters. The van der Waals surface area contributed by atoms with Gasteiger partial charge in [-0.05, 0) is 22.3 Å². The van der Waals surface area contributed by atoms with Gasteiger partial charge in [0, 0.05) is 6.54 Å². The van der Waals surface area contributed by atoms with Crippen LogP contribution < -0.4 is 0 Å². The molecule has 0 bridgehead atoms. The number of likely N-dealkylation sites (tertiary alicyclic amines) is 1. The van der Waals surface area contributed by atoms with Gasteiger partial charge in [-0.1, -0.05) is 121 Å². The molecule has 3 atom stereocenters. The Balaban J connectivity index is 1.31. The third-order valence-electron chi connectivity index (χ3n) is 7.42. The molecule has 0 aliphatic carbocycles. The van der Waals surface area contributed by atoms with Gasteiger partial charge in [0.1, 0.15) is 6.10 Å². The van der Waals surface area contributed by atoms with Gasteiger partial charge in [0.05, 0.1) is 58.2 Å².